The molecule has 2 heterocycles. The normalized spacial score (nSPS) is 12.9. The number of halogens is 1. The van der Waals surface area contributed by atoms with Gasteiger partial charge >= 0.3 is 0 Å². The van der Waals surface area contributed by atoms with Crippen molar-refractivity contribution < 1.29 is 14.7 Å². The Balaban J connectivity index is 2.01. The number of hydrogen-bond donors (Lipinski definition) is 3. The summed E-state index contributed by atoms with van der Waals surface area (Å²) in [5, 5.41) is 9.93. The highest BCUT2D eigenvalue weighted by Gasteiger charge is 2.11. The van der Waals surface area contributed by atoms with Gasteiger partial charge in [-0.1, -0.05) is 0 Å². The first-order chi connectivity index (χ1) is 8.06. The lowest BCUT2D eigenvalue weighted by Gasteiger charge is -2.05. The predicted molar refractivity (Wildman–Crippen MR) is 69.0 cm³/mol. The highest BCUT2D eigenvalue weighted by molar-refractivity contribution is 9.11. The summed E-state index contributed by atoms with van der Waals surface area (Å²) in [5.41, 5.74) is 2.69. The minimum atomic E-state index is -0.613. The van der Waals surface area contributed by atoms with Crippen molar-refractivity contribution in [3.63, 3.8) is 0 Å². The second-order valence-corrected chi connectivity index (χ2v) is 6.04. The lowest BCUT2D eigenvalue weighted by molar-refractivity contribution is -0.00708. The number of carbonyl (C=O) groups is 1. The minimum absolute atomic E-state index is 0.0619. The molecule has 0 saturated heterocycles. The van der Waals surface area contributed by atoms with Gasteiger partial charge in [0.15, 0.2) is 0 Å². The maximum atomic E-state index is 11.6. The molecule has 0 spiro atoms. The summed E-state index contributed by atoms with van der Waals surface area (Å²) in [6, 6.07) is 3.68. The van der Waals surface area contributed by atoms with E-state index in [2.05, 4.69) is 26.4 Å². The van der Waals surface area contributed by atoms with Crippen LogP contribution in [-0.2, 0) is 4.84 Å². The van der Waals surface area contributed by atoms with Gasteiger partial charge in [-0.2, -0.15) is 0 Å². The largest absolute Gasteiger partial charge is 0.391 e. The molecule has 3 N–H and O–H groups in total. The second-order valence-electron chi connectivity index (χ2n) is 3.61. The average Bonchev–Trinajstić information content (AvgIpc) is 2.73. The van der Waals surface area contributed by atoms with E-state index in [1.807, 2.05) is 6.07 Å². The van der Waals surface area contributed by atoms with Crippen molar-refractivity contribution >= 4 is 43.4 Å². The molecule has 2 aromatic heterocycles. The molecule has 1 amide bonds. The monoisotopic (exact) mass is 318 g/mol. The number of aliphatic hydroxyl groups is 1. The van der Waals surface area contributed by atoms with Crippen LogP contribution in [0.5, 0.6) is 0 Å². The summed E-state index contributed by atoms with van der Waals surface area (Å²) >= 11 is 4.89. The molecule has 2 rings (SSSR count). The Hall–Kier alpha value is -0.890. The topological polar surface area (TPSA) is 74.3 Å². The first-order valence-electron chi connectivity index (χ1n) is 4.94. The van der Waals surface area contributed by atoms with Crippen LogP contribution in [0.25, 0.3) is 10.2 Å². The molecule has 92 valence electrons. The molecule has 0 fully saturated rings. The molecule has 0 aromatic carbocycles. The summed E-state index contributed by atoms with van der Waals surface area (Å²) < 4.78 is 1.01. The van der Waals surface area contributed by atoms with Gasteiger partial charge in [0.25, 0.3) is 5.91 Å². The van der Waals surface area contributed by atoms with E-state index in [9.17, 15) is 4.79 Å². The maximum absolute atomic E-state index is 11.6. The van der Waals surface area contributed by atoms with Gasteiger partial charge in [0.1, 0.15) is 17.1 Å². The number of fused-ring (bicyclic) bond motifs is 1. The number of thiophene rings is 1. The van der Waals surface area contributed by atoms with Gasteiger partial charge < -0.3 is 10.1 Å². The van der Waals surface area contributed by atoms with Crippen LogP contribution in [0, 0.1) is 0 Å². The first-order valence-corrected chi connectivity index (χ1v) is 6.55. The number of hydroxylamine groups is 1. The smallest absolute Gasteiger partial charge is 0.291 e. The fourth-order valence-electron chi connectivity index (χ4n) is 1.30. The number of H-pyrrole nitrogens is 1. The Morgan fingerprint density at radius 1 is 1.71 bits per heavy atom. The highest BCUT2D eigenvalue weighted by Crippen LogP contribution is 2.29. The van der Waals surface area contributed by atoms with E-state index >= 15 is 0 Å². The molecule has 7 heteroatoms. The van der Waals surface area contributed by atoms with Crippen LogP contribution in [0.1, 0.15) is 17.4 Å². The van der Waals surface area contributed by atoms with E-state index in [-0.39, 0.29) is 12.5 Å². The molecule has 17 heavy (non-hydrogen) atoms. The van der Waals surface area contributed by atoms with Crippen molar-refractivity contribution in [1.82, 2.24) is 10.5 Å². The third-order valence-electron chi connectivity index (χ3n) is 2.01. The number of hydrogen-bond acceptors (Lipinski definition) is 4. The summed E-state index contributed by atoms with van der Waals surface area (Å²) in [6.07, 6.45) is -0.613. The van der Waals surface area contributed by atoms with Gasteiger partial charge in [-0.15, -0.1) is 11.3 Å². The molecular weight excluding hydrogens is 308 g/mol. The van der Waals surface area contributed by atoms with Gasteiger partial charge in [-0.25, -0.2) is 5.48 Å². The maximum Gasteiger partial charge on any atom is 0.291 e. The molecule has 1 unspecified atom stereocenters. The Kier molecular flexibility index (Phi) is 3.82. The quantitative estimate of drug-likeness (QED) is 0.755. The molecule has 0 radical (unpaired) electrons. The molecule has 0 saturated carbocycles. The van der Waals surface area contributed by atoms with Crippen LogP contribution in [0.2, 0.25) is 0 Å². The highest BCUT2D eigenvalue weighted by atomic mass is 79.9. The van der Waals surface area contributed by atoms with E-state index < -0.39 is 6.10 Å². The molecule has 0 bridgehead atoms. The Labute approximate surface area is 110 Å². The van der Waals surface area contributed by atoms with Crippen LogP contribution in [-0.4, -0.2) is 28.7 Å². The lowest BCUT2D eigenvalue weighted by Crippen LogP contribution is -2.27. The van der Waals surface area contributed by atoms with Crippen LogP contribution in [0.3, 0.4) is 0 Å². The SMILES string of the molecule is CC(O)CONC(=O)c1cc2cc(Br)sc2[nH]1. The molecule has 5 nitrogen and oxygen atoms in total. The van der Waals surface area contributed by atoms with E-state index in [1.54, 1.807) is 13.0 Å². The van der Waals surface area contributed by atoms with E-state index in [1.165, 1.54) is 11.3 Å². The Morgan fingerprint density at radius 2 is 2.47 bits per heavy atom. The van der Waals surface area contributed by atoms with Gasteiger partial charge in [0, 0.05) is 5.39 Å². The van der Waals surface area contributed by atoms with Crippen LogP contribution in [0.15, 0.2) is 15.9 Å². The zero-order chi connectivity index (χ0) is 12.4. The summed E-state index contributed by atoms with van der Waals surface area (Å²) in [5.74, 6) is -0.356. The van der Waals surface area contributed by atoms with Crippen molar-refractivity contribution in [2.24, 2.45) is 0 Å². The number of aromatic amines is 1. The van der Waals surface area contributed by atoms with Crippen LogP contribution < -0.4 is 5.48 Å². The number of aliphatic hydroxyl groups excluding tert-OH is 1. The van der Waals surface area contributed by atoms with Gasteiger partial charge in [-0.05, 0) is 35.0 Å². The van der Waals surface area contributed by atoms with Crippen LogP contribution in [0.4, 0.5) is 0 Å². The van der Waals surface area contributed by atoms with Crippen molar-refractivity contribution in [1.29, 1.82) is 0 Å². The second kappa shape index (κ2) is 5.18. The van der Waals surface area contributed by atoms with Gasteiger partial charge in [0.05, 0.1) is 9.89 Å². The van der Waals surface area contributed by atoms with Crippen molar-refractivity contribution in [2.45, 2.75) is 13.0 Å². The predicted octanol–water partition coefficient (Wildman–Crippen LogP) is 2.03. The molecular formula is C10H11BrN2O3S. The molecule has 2 aromatic rings. The summed E-state index contributed by atoms with van der Waals surface area (Å²) in [7, 11) is 0. The number of rotatable bonds is 4. The van der Waals surface area contributed by atoms with Gasteiger partial charge in [0.2, 0.25) is 0 Å². The summed E-state index contributed by atoms with van der Waals surface area (Å²) in [6.45, 7) is 1.64. The summed E-state index contributed by atoms with van der Waals surface area (Å²) in [4.78, 5) is 20.4. The first kappa shape index (κ1) is 12.6. The minimum Gasteiger partial charge on any atom is -0.391 e. The zero-order valence-electron chi connectivity index (χ0n) is 8.99. The number of nitrogens with one attached hydrogen (secondary N) is 2. The van der Waals surface area contributed by atoms with E-state index in [4.69, 9.17) is 9.94 Å². The number of aromatic nitrogens is 1. The molecule has 0 aliphatic rings. The third kappa shape index (κ3) is 3.06. The Morgan fingerprint density at radius 3 is 3.12 bits per heavy atom. The number of amides is 1. The average molecular weight is 319 g/mol. The van der Waals surface area contributed by atoms with E-state index in [0.29, 0.717) is 5.69 Å². The molecule has 1 atom stereocenters. The molecule has 0 aliphatic carbocycles. The third-order valence-corrected chi connectivity index (χ3v) is 3.58. The van der Waals surface area contributed by atoms with Crippen molar-refractivity contribution in [2.75, 3.05) is 6.61 Å². The lowest BCUT2D eigenvalue weighted by atomic mass is 10.3. The fraction of sp³-hybridized carbons (Fsp3) is 0.300. The van der Waals surface area contributed by atoms with E-state index in [0.717, 1.165) is 14.0 Å². The standard InChI is InChI=1S/C10H11BrN2O3S/c1-5(14)4-16-13-9(15)7-2-6-3-8(11)17-10(6)12-7/h2-3,5,12,14H,4H2,1H3,(H,13,15). The van der Waals surface area contributed by atoms with Crippen molar-refractivity contribution in [3.8, 4) is 0 Å². The molecule has 0 aliphatic heterocycles. The van der Waals surface area contributed by atoms with Crippen LogP contribution >= 0.6 is 27.3 Å². The number of carbonyl (C=O) groups excluding carboxylic acids is 1. The fourth-order valence-corrected chi connectivity index (χ4v) is 2.81. The Bertz CT molecular complexity index is 503. The van der Waals surface area contributed by atoms with Gasteiger partial charge in [-0.3, -0.25) is 9.63 Å². The van der Waals surface area contributed by atoms with Crippen molar-refractivity contribution in [3.05, 3.63) is 21.6 Å². The zero-order valence-corrected chi connectivity index (χ0v) is 11.4.